The van der Waals surface area contributed by atoms with Gasteiger partial charge in [0.1, 0.15) is 35.4 Å². The minimum Gasteiger partial charge on any atom is -0.754 e. The standard InChI is InChI=1S/C60H65F3N10O7S2/c1-35(39-10-12-41(13-11-39)55-36(2)66-34-81-55)67-58(77)50-28-45(74)33-72(50)59(78)56(60(3,4)5)68-51(75)26-37-6-8-38(9-7-37)31-69-22-24-70(25-23-69)44-16-14-40(15-17-44)42-27-46-47(30-65-57(46)64-29-42)54(76)52-48(62)18-19-49(53(52)63)73(82(79)80)71-21-20-43(61)32-71/h6-19,27,29-30,34-35,43,45,50,56,74H,20-26,28,31-33H2,1-5H3,(H,64,65)(H,67,77)(H,68,75)(H,79,80)/p-1/t35-,43+,45+,50-,56+/m0/s1. The lowest BCUT2D eigenvalue weighted by Gasteiger charge is -2.36. The number of β-amino-alcohol motifs (C(OH)–C–C–N with tert-alkyl or cyclic N) is 1. The second kappa shape index (κ2) is 24.2. The number of nitrogens with zero attached hydrogens (tertiary/aromatic N) is 7. The first-order valence-electron chi connectivity index (χ1n) is 27.2. The van der Waals surface area contributed by atoms with Gasteiger partial charge < -0.3 is 35.1 Å². The number of rotatable bonds is 17. The molecule has 0 bridgehead atoms. The third-order valence-corrected chi connectivity index (χ3v) is 17.3. The van der Waals surface area contributed by atoms with Crippen LogP contribution in [0.2, 0.25) is 0 Å². The second-order valence-electron chi connectivity index (χ2n) is 22.4. The molecular formula is C60H64F3N10O7S2-. The van der Waals surface area contributed by atoms with E-state index in [0.29, 0.717) is 27.6 Å². The SMILES string of the molecule is Cc1ncsc1-c1ccc([C@H](C)NC(=O)[C@@H]2C[C@@H](O)CN2C(=O)[C@@H](NC(=O)Cc2ccc(CN3CCN(c4ccc(-c5cnc6[nH]cc(C(=O)c7c(F)ccc(N(N8CC[C@@H](F)C8)S(=O)[O-])c7F)c6c5)cc4)CC3)cc2)C(C)(C)C)cc1. The molecule has 17 nitrogen and oxygen atoms in total. The predicted octanol–water partition coefficient (Wildman–Crippen LogP) is 7.97. The number of amides is 3. The van der Waals surface area contributed by atoms with Gasteiger partial charge in [0.2, 0.25) is 23.5 Å². The molecule has 3 fully saturated rings. The molecule has 3 aliphatic rings. The van der Waals surface area contributed by atoms with E-state index in [0.717, 1.165) is 87.4 Å². The molecule has 3 aliphatic heterocycles. The normalized spacial score (nSPS) is 19.1. The molecule has 0 aliphatic carbocycles. The first-order valence-corrected chi connectivity index (χ1v) is 29.1. The molecule has 3 aromatic heterocycles. The maximum Gasteiger partial charge on any atom is 0.246 e. The number of benzene rings is 4. The Morgan fingerprint density at radius 2 is 1.59 bits per heavy atom. The zero-order valence-electron chi connectivity index (χ0n) is 46.0. The molecule has 3 saturated heterocycles. The zero-order chi connectivity index (χ0) is 58.1. The Labute approximate surface area is 479 Å². The fourth-order valence-electron chi connectivity index (χ4n) is 11.0. The van der Waals surface area contributed by atoms with Gasteiger partial charge in [-0.05, 0) is 83.8 Å². The number of aliphatic hydroxyl groups is 1. The van der Waals surface area contributed by atoms with Gasteiger partial charge in [0, 0.05) is 86.8 Å². The Morgan fingerprint density at radius 1 is 0.890 bits per heavy atom. The number of hydrazine groups is 1. The number of thiazole rings is 1. The van der Waals surface area contributed by atoms with Crippen LogP contribution in [0.4, 0.5) is 24.5 Å². The number of carbonyl (C=O) groups excluding carboxylic acids is 4. The second-order valence-corrected chi connectivity index (χ2v) is 24.0. The van der Waals surface area contributed by atoms with E-state index in [4.69, 9.17) is 0 Å². The molecule has 10 rings (SSSR count). The third-order valence-electron chi connectivity index (χ3n) is 15.6. The molecule has 22 heteroatoms. The van der Waals surface area contributed by atoms with Crippen molar-refractivity contribution >= 4 is 68.5 Å². The summed E-state index contributed by atoms with van der Waals surface area (Å²) >= 11 is -1.52. The van der Waals surface area contributed by atoms with Crippen LogP contribution in [0, 0.1) is 24.0 Å². The molecule has 4 N–H and O–H groups in total. The number of piperazine rings is 1. The number of alkyl halides is 1. The highest BCUT2D eigenvalue weighted by Crippen LogP contribution is 2.35. The van der Waals surface area contributed by atoms with Gasteiger partial charge in [-0.1, -0.05) is 81.4 Å². The number of H-pyrrole nitrogens is 1. The van der Waals surface area contributed by atoms with Crippen molar-refractivity contribution in [2.45, 2.75) is 90.8 Å². The highest BCUT2D eigenvalue weighted by Gasteiger charge is 2.45. The average Bonchev–Trinajstić information content (AvgIpc) is 4.35. The predicted molar refractivity (Wildman–Crippen MR) is 308 cm³/mol. The number of aromatic nitrogens is 3. The van der Waals surface area contributed by atoms with Crippen molar-refractivity contribution in [1.29, 1.82) is 0 Å². The molecule has 3 amide bonds. The number of carbonyl (C=O) groups is 4. The van der Waals surface area contributed by atoms with Crippen LogP contribution in [0.15, 0.2) is 109 Å². The number of aryl methyl sites for hydroxylation is 1. The van der Waals surface area contributed by atoms with Crippen molar-refractivity contribution in [2.75, 3.05) is 55.1 Å². The van der Waals surface area contributed by atoms with Crippen LogP contribution >= 0.6 is 11.3 Å². The van der Waals surface area contributed by atoms with E-state index in [-0.39, 0.29) is 62.3 Å². The van der Waals surface area contributed by atoms with Crippen molar-refractivity contribution in [1.82, 2.24) is 40.4 Å². The maximum absolute atomic E-state index is 16.1. The number of anilines is 2. The number of nitrogens with one attached hydrogen (secondary N) is 3. The number of ketones is 1. The van der Waals surface area contributed by atoms with Crippen LogP contribution < -0.4 is 19.9 Å². The van der Waals surface area contributed by atoms with Gasteiger partial charge in [0.25, 0.3) is 0 Å². The Bertz CT molecular complexity index is 3510. The quantitative estimate of drug-likeness (QED) is 0.0506. The molecule has 7 aromatic rings. The molecule has 6 heterocycles. The van der Waals surface area contributed by atoms with Gasteiger partial charge in [0.05, 0.1) is 58.0 Å². The summed E-state index contributed by atoms with van der Waals surface area (Å²) in [6.07, 6.45) is 0.855. The molecule has 4 aromatic carbocycles. The van der Waals surface area contributed by atoms with E-state index in [1.165, 1.54) is 11.1 Å². The van der Waals surface area contributed by atoms with Crippen LogP contribution in [-0.4, -0.2) is 137 Å². The Kier molecular flexibility index (Phi) is 17.1. The monoisotopic (exact) mass is 1160 g/mol. The van der Waals surface area contributed by atoms with Crippen LogP contribution in [-0.2, 0) is 38.6 Å². The molecule has 0 saturated carbocycles. The molecule has 0 spiro atoms. The van der Waals surface area contributed by atoms with Crippen LogP contribution in [0.3, 0.4) is 0 Å². The van der Waals surface area contributed by atoms with Crippen molar-refractivity contribution in [3.8, 4) is 21.6 Å². The maximum atomic E-state index is 16.1. The lowest BCUT2D eigenvalue weighted by Crippen LogP contribution is -2.58. The number of aromatic amines is 1. The number of hydrogen-bond acceptors (Lipinski definition) is 13. The molecule has 1 unspecified atom stereocenters. The number of aliphatic hydroxyl groups excluding tert-OH is 1. The smallest absolute Gasteiger partial charge is 0.246 e. The Morgan fingerprint density at radius 3 is 2.23 bits per heavy atom. The summed E-state index contributed by atoms with van der Waals surface area (Å²) < 4.78 is 70.4. The van der Waals surface area contributed by atoms with Gasteiger partial charge in [-0.3, -0.25) is 28.3 Å². The zero-order valence-corrected chi connectivity index (χ0v) is 47.7. The molecule has 82 heavy (non-hydrogen) atoms. The van der Waals surface area contributed by atoms with E-state index in [1.807, 2.05) is 113 Å². The summed E-state index contributed by atoms with van der Waals surface area (Å²) in [7, 11) is 0. The molecule has 430 valence electrons. The molecular weight excluding hydrogens is 1090 g/mol. The minimum atomic E-state index is -3.09. The lowest BCUT2D eigenvalue weighted by molar-refractivity contribution is -0.144. The van der Waals surface area contributed by atoms with E-state index in [9.17, 15) is 37.4 Å². The Balaban J connectivity index is 0.714. The highest BCUT2D eigenvalue weighted by atomic mass is 32.2. The van der Waals surface area contributed by atoms with Gasteiger partial charge in [-0.15, -0.1) is 11.3 Å². The van der Waals surface area contributed by atoms with Crippen LogP contribution in [0.5, 0.6) is 0 Å². The topological polar surface area (TPSA) is 210 Å². The number of hydrogen-bond donors (Lipinski definition) is 4. The number of halogens is 3. The summed E-state index contributed by atoms with van der Waals surface area (Å²) in [5.74, 6) is -4.74. The summed E-state index contributed by atoms with van der Waals surface area (Å²) in [6.45, 7) is 12.9. The van der Waals surface area contributed by atoms with Gasteiger partial charge in [-0.25, -0.2) is 32.6 Å². The summed E-state index contributed by atoms with van der Waals surface area (Å²) in [4.78, 5) is 74.5. The summed E-state index contributed by atoms with van der Waals surface area (Å²) in [6, 6.07) is 24.8. The largest absolute Gasteiger partial charge is 0.754 e. The van der Waals surface area contributed by atoms with E-state index in [2.05, 4.69) is 35.4 Å². The third kappa shape index (κ3) is 12.5. The fourth-order valence-corrected chi connectivity index (χ4v) is 12.5. The number of likely N-dealkylation sites (tertiary alicyclic amines) is 1. The van der Waals surface area contributed by atoms with Crippen molar-refractivity contribution in [3.63, 3.8) is 0 Å². The number of fused-ring (bicyclic) bond motifs is 1. The summed E-state index contributed by atoms with van der Waals surface area (Å²) in [5.41, 5.74) is 6.96. The molecule has 6 atom stereocenters. The minimum absolute atomic E-state index is 0.0181. The van der Waals surface area contributed by atoms with Crippen molar-refractivity contribution < 1.29 is 46.2 Å². The van der Waals surface area contributed by atoms with Gasteiger partial charge in [0.15, 0.2) is 5.82 Å². The fraction of sp³-hybridized carbons (Fsp3) is 0.367. The van der Waals surface area contributed by atoms with Crippen LogP contribution in [0.25, 0.3) is 32.6 Å². The molecule has 0 radical (unpaired) electrons. The number of pyridine rings is 1. The highest BCUT2D eigenvalue weighted by molar-refractivity contribution is 7.80. The van der Waals surface area contributed by atoms with Gasteiger partial charge in [-0.2, -0.15) is 0 Å². The van der Waals surface area contributed by atoms with Crippen molar-refractivity contribution in [3.05, 3.63) is 154 Å². The van der Waals surface area contributed by atoms with Crippen molar-refractivity contribution in [2.24, 2.45) is 5.41 Å². The van der Waals surface area contributed by atoms with E-state index < -0.39 is 75.6 Å². The average molecular weight is 1160 g/mol. The first-order chi connectivity index (χ1) is 39.2. The van der Waals surface area contributed by atoms with Crippen LogP contribution in [0.1, 0.15) is 84.9 Å². The lowest BCUT2D eigenvalue weighted by atomic mass is 9.85. The first kappa shape index (κ1) is 57.9. The van der Waals surface area contributed by atoms with Gasteiger partial charge >= 0.3 is 0 Å². The van der Waals surface area contributed by atoms with E-state index >= 15 is 8.78 Å². The Hall–Kier alpha value is -7.34. The van der Waals surface area contributed by atoms with E-state index in [1.54, 1.807) is 23.6 Å². The summed E-state index contributed by atoms with van der Waals surface area (Å²) in [5, 5.41) is 18.2.